The van der Waals surface area contributed by atoms with Crippen LogP contribution in [0.4, 0.5) is 4.39 Å². The van der Waals surface area contributed by atoms with Crippen molar-refractivity contribution in [3.8, 4) is 5.69 Å². The summed E-state index contributed by atoms with van der Waals surface area (Å²) in [5, 5.41) is 1.44. The second-order valence-corrected chi connectivity index (χ2v) is 10.1. The third kappa shape index (κ3) is 4.00. The Labute approximate surface area is 194 Å². The normalized spacial score (nSPS) is 14.1. The number of likely N-dealkylation sites (N-methyl/N-ethyl adjacent to an activating group) is 1. The number of fused-ring (bicyclic) bond motifs is 3. The molecule has 0 saturated carbocycles. The topological polar surface area (TPSA) is 38.1 Å². The molecule has 0 bridgehead atoms. The molecular weight excluding hydrogens is 441 g/mol. The van der Waals surface area contributed by atoms with E-state index in [0.717, 1.165) is 53.1 Å². The van der Waals surface area contributed by atoms with Gasteiger partial charge in [0.1, 0.15) is 10.6 Å². The predicted octanol–water partition coefficient (Wildman–Crippen LogP) is 5.57. The summed E-state index contributed by atoms with van der Waals surface area (Å²) >= 11 is 3.16. The molecule has 0 radical (unpaired) electrons. The Morgan fingerprint density at radius 3 is 2.59 bits per heavy atom. The molecule has 1 aliphatic rings. The fraction of sp³-hybridized carbons (Fsp3) is 0.280. The number of aromatic nitrogens is 2. The van der Waals surface area contributed by atoms with Gasteiger partial charge in [-0.3, -0.25) is 14.3 Å². The maximum absolute atomic E-state index is 13.8. The Morgan fingerprint density at radius 2 is 1.88 bits per heavy atom. The Balaban J connectivity index is 1.63. The molecule has 0 saturated heterocycles. The highest BCUT2D eigenvalue weighted by atomic mass is 32.2. The molecule has 5 rings (SSSR count). The van der Waals surface area contributed by atoms with Gasteiger partial charge in [-0.15, -0.1) is 11.3 Å². The molecule has 0 fully saturated rings. The Morgan fingerprint density at radius 1 is 1.12 bits per heavy atom. The molecule has 4 aromatic rings. The number of hydrogen-bond acceptors (Lipinski definition) is 5. The molecule has 3 heterocycles. The van der Waals surface area contributed by atoms with Crippen LogP contribution in [-0.2, 0) is 18.7 Å². The lowest BCUT2D eigenvalue weighted by molar-refractivity contribution is 0.272. The van der Waals surface area contributed by atoms with Crippen molar-refractivity contribution < 1.29 is 4.39 Å². The summed E-state index contributed by atoms with van der Waals surface area (Å²) < 4.78 is 15.0. The molecule has 2 aromatic carbocycles. The van der Waals surface area contributed by atoms with Crippen LogP contribution in [-0.4, -0.2) is 27.5 Å². The second kappa shape index (κ2) is 8.81. The average molecular weight is 466 g/mol. The molecular formula is C25H24FN3OS2. The first-order valence-corrected chi connectivity index (χ1v) is 12.6. The van der Waals surface area contributed by atoms with Gasteiger partial charge in [-0.2, -0.15) is 0 Å². The number of benzene rings is 2. The number of thioether (sulfide) groups is 1. The van der Waals surface area contributed by atoms with E-state index in [9.17, 15) is 9.18 Å². The molecule has 2 aromatic heterocycles. The number of hydrogen-bond donors (Lipinski definition) is 0. The van der Waals surface area contributed by atoms with E-state index in [1.165, 1.54) is 34.3 Å². The van der Waals surface area contributed by atoms with E-state index >= 15 is 0 Å². The van der Waals surface area contributed by atoms with Crippen LogP contribution < -0.4 is 5.56 Å². The van der Waals surface area contributed by atoms with Crippen molar-refractivity contribution in [2.75, 3.05) is 13.1 Å². The van der Waals surface area contributed by atoms with Crippen LogP contribution in [0.2, 0.25) is 0 Å². The lowest BCUT2D eigenvalue weighted by Crippen LogP contribution is -2.30. The van der Waals surface area contributed by atoms with Gasteiger partial charge in [-0.1, -0.05) is 48.5 Å². The molecule has 1 aliphatic heterocycles. The van der Waals surface area contributed by atoms with E-state index in [0.29, 0.717) is 10.9 Å². The van der Waals surface area contributed by atoms with Gasteiger partial charge in [0.2, 0.25) is 0 Å². The molecule has 0 aliphatic carbocycles. The zero-order chi connectivity index (χ0) is 22.2. The van der Waals surface area contributed by atoms with E-state index < -0.39 is 0 Å². The molecule has 0 unspecified atom stereocenters. The molecule has 7 heteroatoms. The summed E-state index contributed by atoms with van der Waals surface area (Å²) in [5.41, 5.74) is 4.13. The molecule has 4 nitrogen and oxygen atoms in total. The lowest BCUT2D eigenvalue weighted by Gasteiger charge is -2.25. The summed E-state index contributed by atoms with van der Waals surface area (Å²) in [4.78, 5) is 23.3. The molecule has 32 heavy (non-hydrogen) atoms. The van der Waals surface area contributed by atoms with Gasteiger partial charge >= 0.3 is 0 Å². The fourth-order valence-electron chi connectivity index (χ4n) is 4.09. The van der Waals surface area contributed by atoms with E-state index in [1.807, 2.05) is 31.2 Å². The van der Waals surface area contributed by atoms with E-state index in [-0.39, 0.29) is 11.4 Å². The first-order chi connectivity index (χ1) is 15.5. The van der Waals surface area contributed by atoms with E-state index in [4.69, 9.17) is 4.98 Å². The summed E-state index contributed by atoms with van der Waals surface area (Å²) in [6, 6.07) is 14.5. The highest BCUT2D eigenvalue weighted by molar-refractivity contribution is 7.98. The minimum atomic E-state index is -0.250. The SMILES string of the molecule is CCN1CCc2c(sc3nc(SCc4ccc(F)cc4)n(-c4ccc(C)cc4)c(=O)c23)C1. The van der Waals surface area contributed by atoms with Crippen molar-refractivity contribution in [3.05, 3.63) is 86.3 Å². The number of aryl methyl sites for hydroxylation is 1. The Bertz CT molecular complexity index is 1330. The maximum atomic E-state index is 13.8. The van der Waals surface area contributed by atoms with Gasteiger partial charge in [-0.25, -0.2) is 9.37 Å². The van der Waals surface area contributed by atoms with Crippen molar-refractivity contribution in [1.82, 2.24) is 14.5 Å². The van der Waals surface area contributed by atoms with Crippen molar-refractivity contribution >= 4 is 33.3 Å². The van der Waals surface area contributed by atoms with Crippen LogP contribution in [0, 0.1) is 12.7 Å². The molecule has 0 spiro atoms. The molecule has 0 amide bonds. The quantitative estimate of drug-likeness (QED) is 0.285. The molecule has 164 valence electrons. The minimum Gasteiger partial charge on any atom is -0.298 e. The second-order valence-electron chi connectivity index (χ2n) is 8.09. The van der Waals surface area contributed by atoms with Crippen LogP contribution in [0.1, 0.15) is 28.5 Å². The van der Waals surface area contributed by atoms with Crippen molar-refractivity contribution in [1.29, 1.82) is 0 Å². The summed E-state index contributed by atoms with van der Waals surface area (Å²) in [6.07, 6.45) is 0.885. The van der Waals surface area contributed by atoms with E-state index in [2.05, 4.69) is 11.8 Å². The first kappa shape index (κ1) is 21.4. The third-order valence-corrected chi connectivity index (χ3v) is 8.06. The van der Waals surface area contributed by atoms with Crippen LogP contribution >= 0.6 is 23.1 Å². The first-order valence-electron chi connectivity index (χ1n) is 10.8. The number of thiophene rings is 1. The minimum absolute atomic E-state index is 0.00269. The molecule has 0 N–H and O–H groups in total. The predicted molar refractivity (Wildman–Crippen MR) is 131 cm³/mol. The van der Waals surface area contributed by atoms with Crippen LogP contribution in [0.3, 0.4) is 0 Å². The Kier molecular flexibility index (Phi) is 5.88. The van der Waals surface area contributed by atoms with Crippen molar-refractivity contribution in [3.63, 3.8) is 0 Å². The van der Waals surface area contributed by atoms with Gasteiger partial charge in [0.15, 0.2) is 5.16 Å². The fourth-order valence-corrected chi connectivity index (χ4v) is 6.37. The van der Waals surface area contributed by atoms with Crippen LogP contribution in [0.5, 0.6) is 0 Å². The van der Waals surface area contributed by atoms with Gasteiger partial charge in [-0.05, 0) is 55.3 Å². The highest BCUT2D eigenvalue weighted by Gasteiger charge is 2.25. The van der Waals surface area contributed by atoms with Gasteiger partial charge < -0.3 is 0 Å². The lowest BCUT2D eigenvalue weighted by atomic mass is 10.1. The monoisotopic (exact) mass is 465 g/mol. The maximum Gasteiger partial charge on any atom is 0.267 e. The largest absolute Gasteiger partial charge is 0.298 e. The molecule has 0 atom stereocenters. The third-order valence-electron chi connectivity index (χ3n) is 5.94. The smallest absolute Gasteiger partial charge is 0.267 e. The highest BCUT2D eigenvalue weighted by Crippen LogP contribution is 2.34. The van der Waals surface area contributed by atoms with Crippen LogP contribution in [0.15, 0.2) is 58.5 Å². The van der Waals surface area contributed by atoms with Gasteiger partial charge in [0.25, 0.3) is 5.56 Å². The van der Waals surface area contributed by atoms with Gasteiger partial charge in [0.05, 0.1) is 11.1 Å². The number of halogens is 1. The van der Waals surface area contributed by atoms with Crippen molar-refractivity contribution in [2.45, 2.75) is 37.7 Å². The standard InChI is InChI=1S/C25H24FN3OS2/c1-3-28-13-12-20-21(14-28)32-23-22(20)24(30)29(19-10-4-16(2)5-11-19)25(27-23)31-15-17-6-8-18(26)9-7-17/h4-11H,3,12-15H2,1-2H3. The summed E-state index contributed by atoms with van der Waals surface area (Å²) in [6.45, 7) is 7.07. The summed E-state index contributed by atoms with van der Waals surface area (Å²) in [5.74, 6) is 0.360. The number of rotatable bonds is 5. The zero-order valence-electron chi connectivity index (χ0n) is 18.1. The zero-order valence-corrected chi connectivity index (χ0v) is 19.7. The summed E-state index contributed by atoms with van der Waals surface area (Å²) in [7, 11) is 0. The average Bonchev–Trinajstić information content (AvgIpc) is 3.17. The Hall–Kier alpha value is -2.48. The van der Waals surface area contributed by atoms with E-state index in [1.54, 1.807) is 28.0 Å². The number of nitrogens with zero attached hydrogens (tertiary/aromatic N) is 3. The van der Waals surface area contributed by atoms with Crippen LogP contribution in [0.25, 0.3) is 15.9 Å². The van der Waals surface area contributed by atoms with Gasteiger partial charge in [0, 0.05) is 23.7 Å². The van der Waals surface area contributed by atoms with Crippen molar-refractivity contribution in [2.24, 2.45) is 0 Å².